The number of nitriles is 1. The van der Waals surface area contributed by atoms with Gasteiger partial charge in [0.2, 0.25) is 6.19 Å². The van der Waals surface area contributed by atoms with Crippen LogP contribution in [0.1, 0.15) is 16.8 Å². The highest BCUT2D eigenvalue weighted by Gasteiger charge is 2.17. The zero-order chi connectivity index (χ0) is 29.0. The van der Waals surface area contributed by atoms with Crippen LogP contribution in [0.25, 0.3) is 11.4 Å². The smallest absolute Gasteiger partial charge is 0.305 e. The first kappa shape index (κ1) is 28.7. The molecule has 0 spiro atoms. The number of pyridine rings is 1. The maximum absolute atomic E-state index is 14.4. The van der Waals surface area contributed by atoms with Crippen LogP contribution >= 0.6 is 11.6 Å². The molecule has 41 heavy (non-hydrogen) atoms. The molecule has 2 heterocycles. The van der Waals surface area contributed by atoms with Gasteiger partial charge in [0.1, 0.15) is 11.6 Å². The Labute approximate surface area is 240 Å². The summed E-state index contributed by atoms with van der Waals surface area (Å²) >= 11 is 6.03. The van der Waals surface area contributed by atoms with Crippen LogP contribution in [-0.2, 0) is 0 Å². The van der Waals surface area contributed by atoms with Gasteiger partial charge in [-0.1, -0.05) is 29.8 Å². The predicted octanol–water partition coefficient (Wildman–Crippen LogP) is 4.71. The molecule has 2 aromatic heterocycles. The van der Waals surface area contributed by atoms with E-state index < -0.39 is 5.82 Å². The monoisotopic (exact) mass is 574 g/mol. The molecule has 11 nitrogen and oxygen atoms in total. The number of benzene rings is 2. The molecule has 0 bridgehead atoms. The summed E-state index contributed by atoms with van der Waals surface area (Å²) in [4.78, 5) is 29.3. The number of rotatable bonds is 10. The van der Waals surface area contributed by atoms with E-state index in [1.54, 1.807) is 36.5 Å². The van der Waals surface area contributed by atoms with Gasteiger partial charge in [0.25, 0.3) is 5.91 Å². The molecule has 208 valence electrons. The number of carbonyl (C=O) groups excluding carboxylic acids is 1. The highest BCUT2D eigenvalue weighted by Crippen LogP contribution is 2.30. The Morgan fingerprint density at radius 1 is 1.12 bits per heavy atom. The maximum Gasteiger partial charge on any atom is 0.305 e. The average Bonchev–Trinajstić information content (AvgIpc) is 2.99. The lowest BCUT2D eigenvalue weighted by Crippen LogP contribution is -2.32. The number of aromatic nitrogens is 3. The first-order valence-electron chi connectivity index (χ1n) is 12.3. The minimum Gasteiger partial charge on any atom is -0.491 e. The van der Waals surface area contributed by atoms with E-state index in [4.69, 9.17) is 26.3 Å². The van der Waals surface area contributed by atoms with Gasteiger partial charge >= 0.3 is 6.02 Å². The molecule has 3 N–H and O–H groups in total. The Morgan fingerprint density at radius 3 is 2.71 bits per heavy atom. The Balaban J connectivity index is 1.39. The lowest BCUT2D eigenvalue weighted by atomic mass is 10.2. The van der Waals surface area contributed by atoms with Crippen LogP contribution in [0.4, 0.5) is 15.9 Å². The Hall–Kier alpha value is -5.28. The second kappa shape index (κ2) is 14.2. The fourth-order valence-electron chi connectivity index (χ4n) is 3.55. The summed E-state index contributed by atoms with van der Waals surface area (Å²) in [5.74, 6) is 0.172. The zero-order valence-electron chi connectivity index (χ0n) is 21.8. The van der Waals surface area contributed by atoms with Crippen molar-refractivity contribution in [3.63, 3.8) is 0 Å². The summed E-state index contributed by atoms with van der Waals surface area (Å²) < 4.78 is 25.4. The van der Waals surface area contributed by atoms with E-state index >= 15 is 0 Å². The fraction of sp³-hybridized carbons (Fsp3) is 0.143. The maximum atomic E-state index is 14.4. The van der Waals surface area contributed by atoms with Crippen LogP contribution in [0.15, 0.2) is 78.2 Å². The van der Waals surface area contributed by atoms with Crippen LogP contribution in [0, 0.1) is 17.3 Å². The molecule has 4 rings (SSSR count). The van der Waals surface area contributed by atoms with E-state index in [2.05, 4.69) is 35.9 Å². The van der Waals surface area contributed by atoms with E-state index in [1.807, 2.05) is 6.07 Å². The summed E-state index contributed by atoms with van der Waals surface area (Å²) in [7, 11) is 1.44. The first-order valence-corrected chi connectivity index (χ1v) is 12.7. The van der Waals surface area contributed by atoms with Gasteiger partial charge < -0.3 is 25.4 Å². The van der Waals surface area contributed by atoms with E-state index in [0.717, 1.165) is 0 Å². The molecular formula is C28H24ClFN8O3. The molecular weight excluding hydrogens is 551 g/mol. The van der Waals surface area contributed by atoms with Crippen molar-refractivity contribution >= 4 is 35.0 Å². The van der Waals surface area contributed by atoms with Crippen molar-refractivity contribution in [1.82, 2.24) is 25.6 Å². The Kier molecular flexibility index (Phi) is 9.95. The molecule has 0 fully saturated rings. The lowest BCUT2D eigenvalue weighted by molar-refractivity contribution is 0.0954. The molecule has 0 saturated carbocycles. The highest BCUT2D eigenvalue weighted by atomic mass is 35.5. The Bertz CT molecular complexity index is 1580. The topological polar surface area (TPSA) is 146 Å². The van der Waals surface area contributed by atoms with Gasteiger partial charge in [-0.15, -0.1) is 4.99 Å². The number of aliphatic imine (C=N–C) groups is 1. The summed E-state index contributed by atoms with van der Waals surface area (Å²) in [6, 6.07) is 14.7. The number of amidine groups is 1. The summed E-state index contributed by atoms with van der Waals surface area (Å²) in [5, 5.41) is 18.1. The van der Waals surface area contributed by atoms with Crippen molar-refractivity contribution in [1.29, 1.82) is 5.26 Å². The normalized spacial score (nSPS) is 10.8. The van der Waals surface area contributed by atoms with Gasteiger partial charge in [-0.3, -0.25) is 9.78 Å². The van der Waals surface area contributed by atoms with Crippen molar-refractivity contribution < 1.29 is 18.7 Å². The van der Waals surface area contributed by atoms with Gasteiger partial charge in [0.15, 0.2) is 17.4 Å². The summed E-state index contributed by atoms with van der Waals surface area (Å²) in [6.45, 7) is 0.688. The molecule has 4 aromatic rings. The predicted molar refractivity (Wildman–Crippen MR) is 152 cm³/mol. The molecule has 1 amide bonds. The number of carbonyl (C=O) groups is 1. The first-order chi connectivity index (χ1) is 20.0. The molecule has 0 atom stereocenters. The molecule has 0 aliphatic heterocycles. The number of nitrogens with zero attached hydrogens (tertiary/aromatic N) is 5. The largest absolute Gasteiger partial charge is 0.491 e. The van der Waals surface area contributed by atoms with Crippen molar-refractivity contribution in [3.05, 3.63) is 89.6 Å². The number of para-hydroxylation sites is 1. The third kappa shape index (κ3) is 7.87. The number of nitrogens with one attached hydrogen (secondary N) is 3. The average molecular weight is 575 g/mol. The molecule has 2 aromatic carbocycles. The SMILES string of the molecule is COc1cnc(-c2cc(Cl)ccc2F)nc1Nc1ccncc1C(=O)NCCCN/C(=N\C#N)Oc1ccccc1. The second-order valence-electron chi connectivity index (χ2n) is 8.25. The van der Waals surface area contributed by atoms with Crippen molar-refractivity contribution in [3.8, 4) is 29.1 Å². The minimum absolute atomic E-state index is 0.0552. The number of hydrogen-bond donors (Lipinski definition) is 3. The third-order valence-electron chi connectivity index (χ3n) is 5.49. The molecule has 0 aliphatic rings. The van der Waals surface area contributed by atoms with Crippen molar-refractivity contribution in [2.45, 2.75) is 6.42 Å². The van der Waals surface area contributed by atoms with E-state index in [0.29, 0.717) is 36.0 Å². The quantitative estimate of drug-likeness (QED) is 0.106. The Morgan fingerprint density at radius 2 is 1.93 bits per heavy atom. The summed E-state index contributed by atoms with van der Waals surface area (Å²) in [6.07, 6.45) is 6.51. The lowest BCUT2D eigenvalue weighted by Gasteiger charge is -2.14. The molecule has 13 heteroatoms. The number of halogens is 2. The second-order valence-corrected chi connectivity index (χ2v) is 8.69. The van der Waals surface area contributed by atoms with Gasteiger partial charge in [0, 0.05) is 30.5 Å². The fourth-order valence-corrected chi connectivity index (χ4v) is 3.72. The van der Waals surface area contributed by atoms with Gasteiger partial charge in [-0.2, -0.15) is 5.26 Å². The number of anilines is 2. The van der Waals surface area contributed by atoms with Crippen molar-refractivity contribution in [2.75, 3.05) is 25.5 Å². The van der Waals surface area contributed by atoms with Crippen LogP contribution in [-0.4, -0.2) is 47.1 Å². The van der Waals surface area contributed by atoms with Crippen LogP contribution < -0.4 is 25.4 Å². The summed E-state index contributed by atoms with van der Waals surface area (Å²) in [5.41, 5.74) is 0.752. The molecule has 0 aliphatic carbocycles. The molecule has 0 unspecified atom stereocenters. The van der Waals surface area contributed by atoms with Crippen LogP contribution in [0.3, 0.4) is 0 Å². The van der Waals surface area contributed by atoms with E-state index in [1.165, 1.54) is 43.9 Å². The standard InChI is InChI=1S/C28H24ClFN8O3/c1-40-24-16-35-25(20-14-18(29)8-9-22(20)30)38-26(24)37-23-10-13-32-15-21(23)27(39)33-11-5-12-34-28(36-17-31)41-19-6-3-2-4-7-19/h2-4,6-10,13-16H,5,11-12H2,1H3,(H,33,39)(H,34,36)(H,32,35,37,38). The number of amides is 1. The zero-order valence-corrected chi connectivity index (χ0v) is 22.5. The molecule has 0 radical (unpaired) electrons. The van der Waals surface area contributed by atoms with Gasteiger partial charge in [-0.05, 0) is 42.8 Å². The number of methoxy groups -OCH3 is 1. The number of hydrogen-bond acceptors (Lipinski definition) is 9. The van der Waals surface area contributed by atoms with Crippen LogP contribution in [0.5, 0.6) is 11.5 Å². The van der Waals surface area contributed by atoms with Gasteiger partial charge in [0.05, 0.1) is 30.1 Å². The third-order valence-corrected chi connectivity index (χ3v) is 5.72. The number of ether oxygens (including phenoxy) is 2. The van der Waals surface area contributed by atoms with E-state index in [9.17, 15) is 9.18 Å². The van der Waals surface area contributed by atoms with Crippen molar-refractivity contribution in [2.24, 2.45) is 4.99 Å². The highest BCUT2D eigenvalue weighted by molar-refractivity contribution is 6.30. The molecule has 0 saturated heterocycles. The van der Waals surface area contributed by atoms with Gasteiger partial charge in [-0.25, -0.2) is 14.4 Å². The van der Waals surface area contributed by atoms with Crippen LogP contribution in [0.2, 0.25) is 5.02 Å². The van der Waals surface area contributed by atoms with E-state index in [-0.39, 0.29) is 40.4 Å². The minimum atomic E-state index is -0.540.